The molecule has 0 radical (unpaired) electrons. The van der Waals surface area contributed by atoms with Crippen molar-refractivity contribution in [3.63, 3.8) is 0 Å². The van der Waals surface area contributed by atoms with E-state index in [1.165, 1.54) is 12.5 Å². The number of non-ortho nitro benzene ring substituents is 1. The SMILES string of the molecule is Cl.O=C(CCc1cccc([N+](=O)[O-])c1)N1CCC2CCC(C1)N2. The molecule has 6 nitrogen and oxygen atoms in total. The van der Waals surface area contributed by atoms with Crippen LogP contribution in [0.15, 0.2) is 24.3 Å². The highest BCUT2D eigenvalue weighted by Gasteiger charge is 2.30. The molecule has 2 saturated heterocycles. The van der Waals surface area contributed by atoms with Gasteiger partial charge in [0.1, 0.15) is 0 Å². The van der Waals surface area contributed by atoms with Crippen molar-refractivity contribution in [1.29, 1.82) is 0 Å². The largest absolute Gasteiger partial charge is 0.341 e. The number of aryl methyl sites for hydroxylation is 1. The van der Waals surface area contributed by atoms with Gasteiger partial charge in [0.2, 0.25) is 5.91 Å². The Hall–Kier alpha value is -1.66. The van der Waals surface area contributed by atoms with Gasteiger partial charge in [-0.1, -0.05) is 12.1 Å². The Morgan fingerprint density at radius 3 is 2.87 bits per heavy atom. The van der Waals surface area contributed by atoms with Gasteiger partial charge in [0.25, 0.3) is 5.69 Å². The molecule has 7 heteroatoms. The van der Waals surface area contributed by atoms with Gasteiger partial charge >= 0.3 is 0 Å². The van der Waals surface area contributed by atoms with Crippen molar-refractivity contribution in [1.82, 2.24) is 10.2 Å². The van der Waals surface area contributed by atoms with Crippen LogP contribution in [-0.2, 0) is 11.2 Å². The minimum atomic E-state index is -0.400. The van der Waals surface area contributed by atoms with Crippen LogP contribution in [0, 0.1) is 10.1 Å². The minimum absolute atomic E-state index is 0. The second kappa shape index (κ2) is 7.75. The molecule has 23 heavy (non-hydrogen) atoms. The molecule has 1 aromatic rings. The molecule has 0 spiro atoms. The summed E-state index contributed by atoms with van der Waals surface area (Å²) < 4.78 is 0. The highest BCUT2D eigenvalue weighted by atomic mass is 35.5. The number of hydrogen-bond donors (Lipinski definition) is 1. The van der Waals surface area contributed by atoms with E-state index in [9.17, 15) is 14.9 Å². The molecule has 2 aliphatic rings. The van der Waals surface area contributed by atoms with Crippen LogP contribution in [0.25, 0.3) is 0 Å². The van der Waals surface area contributed by atoms with Gasteiger partial charge in [0, 0.05) is 43.7 Å². The molecule has 0 aliphatic carbocycles. The first-order valence-electron chi connectivity index (χ1n) is 7.89. The van der Waals surface area contributed by atoms with E-state index < -0.39 is 4.92 Å². The summed E-state index contributed by atoms with van der Waals surface area (Å²) in [6, 6.07) is 7.55. The van der Waals surface area contributed by atoms with Gasteiger partial charge in [-0.25, -0.2) is 0 Å². The first-order valence-corrected chi connectivity index (χ1v) is 7.89. The molecular formula is C16H22ClN3O3. The average Bonchev–Trinajstić information content (AvgIpc) is 2.84. The van der Waals surface area contributed by atoms with E-state index in [1.807, 2.05) is 11.0 Å². The van der Waals surface area contributed by atoms with Crippen molar-refractivity contribution < 1.29 is 9.72 Å². The summed E-state index contributed by atoms with van der Waals surface area (Å²) in [7, 11) is 0. The van der Waals surface area contributed by atoms with E-state index in [4.69, 9.17) is 0 Å². The van der Waals surface area contributed by atoms with Crippen molar-refractivity contribution in [2.75, 3.05) is 13.1 Å². The van der Waals surface area contributed by atoms with Crippen molar-refractivity contribution in [3.05, 3.63) is 39.9 Å². The van der Waals surface area contributed by atoms with Crippen molar-refractivity contribution in [2.24, 2.45) is 0 Å². The molecule has 3 rings (SSSR count). The van der Waals surface area contributed by atoms with Crippen LogP contribution < -0.4 is 5.32 Å². The lowest BCUT2D eigenvalue weighted by Gasteiger charge is -2.24. The molecule has 0 saturated carbocycles. The third-order valence-corrected chi connectivity index (χ3v) is 4.62. The van der Waals surface area contributed by atoms with Gasteiger partial charge in [-0.2, -0.15) is 0 Å². The highest BCUT2D eigenvalue weighted by Crippen LogP contribution is 2.21. The minimum Gasteiger partial charge on any atom is -0.341 e. The van der Waals surface area contributed by atoms with Crippen LogP contribution in [0.2, 0.25) is 0 Å². The quantitative estimate of drug-likeness (QED) is 0.674. The summed E-state index contributed by atoms with van der Waals surface area (Å²) in [6.07, 6.45) is 4.37. The maximum absolute atomic E-state index is 12.4. The Bertz CT molecular complexity index is 581. The Kier molecular flexibility index (Phi) is 5.96. The topological polar surface area (TPSA) is 75.5 Å². The maximum atomic E-state index is 12.4. The lowest BCUT2D eigenvalue weighted by atomic mass is 10.1. The molecule has 0 aromatic heterocycles. The maximum Gasteiger partial charge on any atom is 0.269 e. The van der Waals surface area contributed by atoms with Gasteiger partial charge in [-0.3, -0.25) is 14.9 Å². The molecule has 2 fully saturated rings. The zero-order valence-corrected chi connectivity index (χ0v) is 13.8. The number of nitro groups is 1. The molecule has 126 valence electrons. The molecule has 2 atom stereocenters. The number of nitro benzene ring substituents is 1. The van der Waals surface area contributed by atoms with E-state index in [0.717, 1.165) is 31.5 Å². The third-order valence-electron chi connectivity index (χ3n) is 4.62. The molecule has 1 N–H and O–H groups in total. The predicted octanol–water partition coefficient (Wildman–Crippen LogP) is 2.30. The van der Waals surface area contributed by atoms with Crippen LogP contribution in [0.4, 0.5) is 5.69 Å². The molecule has 2 aliphatic heterocycles. The summed E-state index contributed by atoms with van der Waals surface area (Å²) in [6.45, 7) is 1.62. The van der Waals surface area contributed by atoms with Crippen LogP contribution in [0.5, 0.6) is 0 Å². The van der Waals surface area contributed by atoms with Gasteiger partial charge in [-0.15, -0.1) is 12.4 Å². The van der Waals surface area contributed by atoms with Gasteiger partial charge in [-0.05, 0) is 31.2 Å². The Morgan fingerprint density at radius 1 is 1.30 bits per heavy atom. The van der Waals surface area contributed by atoms with Crippen molar-refractivity contribution >= 4 is 24.0 Å². The second-order valence-corrected chi connectivity index (χ2v) is 6.19. The fraction of sp³-hybridized carbons (Fsp3) is 0.562. The summed E-state index contributed by atoms with van der Waals surface area (Å²) in [4.78, 5) is 24.7. The fourth-order valence-corrected chi connectivity index (χ4v) is 3.40. The number of halogens is 1. The van der Waals surface area contributed by atoms with Gasteiger partial charge < -0.3 is 10.2 Å². The summed E-state index contributed by atoms with van der Waals surface area (Å²) in [5, 5.41) is 14.3. The summed E-state index contributed by atoms with van der Waals surface area (Å²) in [5.41, 5.74) is 0.929. The molecule has 1 aromatic carbocycles. The van der Waals surface area contributed by atoms with Crippen LogP contribution in [-0.4, -0.2) is 40.9 Å². The first kappa shape index (κ1) is 17.7. The number of nitrogens with zero attached hydrogens (tertiary/aromatic N) is 2. The second-order valence-electron chi connectivity index (χ2n) is 6.19. The smallest absolute Gasteiger partial charge is 0.269 e. The summed E-state index contributed by atoms with van der Waals surface area (Å²) in [5.74, 6) is 0.154. The van der Waals surface area contributed by atoms with E-state index in [-0.39, 0.29) is 24.0 Å². The Labute approximate surface area is 141 Å². The first-order chi connectivity index (χ1) is 10.6. The number of rotatable bonds is 4. The van der Waals surface area contributed by atoms with E-state index in [0.29, 0.717) is 24.9 Å². The average molecular weight is 340 g/mol. The van der Waals surface area contributed by atoms with E-state index >= 15 is 0 Å². The van der Waals surface area contributed by atoms with Crippen LogP contribution in [0.3, 0.4) is 0 Å². The normalized spacial score (nSPS) is 23.0. The number of nitrogens with one attached hydrogen (secondary N) is 1. The van der Waals surface area contributed by atoms with E-state index in [1.54, 1.807) is 12.1 Å². The number of carbonyl (C=O) groups is 1. The fourth-order valence-electron chi connectivity index (χ4n) is 3.40. The van der Waals surface area contributed by atoms with Crippen molar-refractivity contribution in [2.45, 2.75) is 44.2 Å². The van der Waals surface area contributed by atoms with E-state index in [2.05, 4.69) is 5.32 Å². The van der Waals surface area contributed by atoms with Crippen molar-refractivity contribution in [3.8, 4) is 0 Å². The van der Waals surface area contributed by atoms with Crippen LogP contribution in [0.1, 0.15) is 31.2 Å². The molecule has 1 amide bonds. The lowest BCUT2D eigenvalue weighted by molar-refractivity contribution is -0.384. The predicted molar refractivity (Wildman–Crippen MR) is 89.8 cm³/mol. The molecular weight excluding hydrogens is 318 g/mol. The molecule has 2 unspecified atom stereocenters. The number of carbonyl (C=O) groups excluding carboxylic acids is 1. The number of fused-ring (bicyclic) bond motifs is 2. The third kappa shape index (κ3) is 4.42. The summed E-state index contributed by atoms with van der Waals surface area (Å²) >= 11 is 0. The zero-order chi connectivity index (χ0) is 15.5. The standard InChI is InChI=1S/C16H21N3O3.ClH/c20-16(18-9-8-13-5-6-14(11-18)17-13)7-4-12-2-1-3-15(10-12)19(21)22;/h1-3,10,13-14,17H,4-9,11H2;1H. The Balaban J connectivity index is 0.00000192. The number of hydrogen-bond acceptors (Lipinski definition) is 4. The number of amides is 1. The molecule has 2 bridgehead atoms. The van der Waals surface area contributed by atoms with Gasteiger partial charge in [0.15, 0.2) is 0 Å². The molecule has 2 heterocycles. The lowest BCUT2D eigenvalue weighted by Crippen LogP contribution is -2.39. The zero-order valence-electron chi connectivity index (χ0n) is 12.9. The number of benzene rings is 1. The van der Waals surface area contributed by atoms with Gasteiger partial charge in [0.05, 0.1) is 4.92 Å². The number of likely N-dealkylation sites (tertiary alicyclic amines) is 1. The van der Waals surface area contributed by atoms with Crippen LogP contribution >= 0.6 is 12.4 Å². The highest BCUT2D eigenvalue weighted by molar-refractivity contribution is 5.85. The Morgan fingerprint density at radius 2 is 2.09 bits per heavy atom. The monoisotopic (exact) mass is 339 g/mol.